The third-order valence-electron chi connectivity index (χ3n) is 3.86. The van der Waals surface area contributed by atoms with Gasteiger partial charge in [0.1, 0.15) is 0 Å². The van der Waals surface area contributed by atoms with E-state index in [1.54, 1.807) is 43.3 Å². The Kier molecular flexibility index (Phi) is 5.19. The monoisotopic (exact) mass is 368 g/mol. The molecular formula is C20H17ClN2O3. The summed E-state index contributed by atoms with van der Waals surface area (Å²) in [6.45, 7) is 3.30. The van der Waals surface area contributed by atoms with E-state index in [9.17, 15) is 9.59 Å². The van der Waals surface area contributed by atoms with Gasteiger partial charge in [0.25, 0.3) is 5.91 Å². The van der Waals surface area contributed by atoms with Crippen molar-refractivity contribution in [3.8, 4) is 0 Å². The average Bonchev–Trinajstić information content (AvgIpc) is 2.61. The van der Waals surface area contributed by atoms with Gasteiger partial charge in [-0.3, -0.25) is 9.78 Å². The van der Waals surface area contributed by atoms with Crippen molar-refractivity contribution in [2.75, 3.05) is 11.9 Å². The number of fused-ring (bicyclic) bond motifs is 1. The Morgan fingerprint density at radius 3 is 2.54 bits per heavy atom. The van der Waals surface area contributed by atoms with Crippen molar-refractivity contribution >= 4 is 40.1 Å². The van der Waals surface area contributed by atoms with Gasteiger partial charge in [-0.1, -0.05) is 29.3 Å². The summed E-state index contributed by atoms with van der Waals surface area (Å²) in [5.74, 6) is -1.01. The molecule has 132 valence electrons. The number of benzene rings is 2. The quantitative estimate of drug-likeness (QED) is 0.697. The molecule has 6 heteroatoms. The van der Waals surface area contributed by atoms with Gasteiger partial charge < -0.3 is 10.1 Å². The third-order valence-corrected chi connectivity index (χ3v) is 4.09. The highest BCUT2D eigenvalue weighted by Gasteiger charge is 2.15. The number of amides is 1. The minimum atomic E-state index is -0.601. The second-order valence-electron chi connectivity index (χ2n) is 5.95. The summed E-state index contributed by atoms with van der Waals surface area (Å²) in [4.78, 5) is 28.7. The van der Waals surface area contributed by atoms with Gasteiger partial charge in [0.05, 0.1) is 16.8 Å². The van der Waals surface area contributed by atoms with Gasteiger partial charge in [0, 0.05) is 16.1 Å². The fourth-order valence-corrected chi connectivity index (χ4v) is 2.67. The maximum Gasteiger partial charge on any atom is 0.340 e. The van der Waals surface area contributed by atoms with Crippen LogP contribution in [0.15, 0.2) is 48.5 Å². The predicted molar refractivity (Wildman–Crippen MR) is 102 cm³/mol. The summed E-state index contributed by atoms with van der Waals surface area (Å²) in [6.07, 6.45) is 0. The first-order valence-electron chi connectivity index (χ1n) is 8.03. The average molecular weight is 369 g/mol. The zero-order chi connectivity index (χ0) is 18.7. The normalized spacial score (nSPS) is 10.6. The minimum absolute atomic E-state index is 0.308. The number of nitrogens with one attached hydrogen (secondary N) is 1. The molecule has 26 heavy (non-hydrogen) atoms. The topological polar surface area (TPSA) is 68.3 Å². The van der Waals surface area contributed by atoms with Gasteiger partial charge in [-0.05, 0) is 50.2 Å². The zero-order valence-electron chi connectivity index (χ0n) is 14.4. The van der Waals surface area contributed by atoms with Crippen LogP contribution in [0.4, 0.5) is 5.69 Å². The van der Waals surface area contributed by atoms with Gasteiger partial charge in [-0.15, -0.1) is 0 Å². The second kappa shape index (κ2) is 7.54. The highest BCUT2D eigenvalue weighted by molar-refractivity contribution is 6.31. The molecule has 0 unspecified atom stereocenters. The number of nitrogens with zero attached hydrogens (tertiary/aromatic N) is 1. The van der Waals surface area contributed by atoms with Gasteiger partial charge >= 0.3 is 5.97 Å². The number of aromatic nitrogens is 1. The lowest BCUT2D eigenvalue weighted by Crippen LogP contribution is -2.21. The molecule has 5 nitrogen and oxygen atoms in total. The highest BCUT2D eigenvalue weighted by atomic mass is 35.5. The number of aryl methyl sites for hydroxylation is 2. The molecule has 1 N–H and O–H groups in total. The lowest BCUT2D eigenvalue weighted by atomic mass is 10.1. The van der Waals surface area contributed by atoms with Crippen LogP contribution in [0.25, 0.3) is 10.9 Å². The molecule has 0 saturated carbocycles. The number of esters is 1. The number of ether oxygens (including phenoxy) is 1. The fourth-order valence-electron chi connectivity index (χ4n) is 2.49. The van der Waals surface area contributed by atoms with E-state index in [-0.39, 0.29) is 6.61 Å². The predicted octanol–water partition coefficient (Wildman–Crippen LogP) is 4.30. The van der Waals surface area contributed by atoms with Crippen LogP contribution in [0, 0.1) is 13.8 Å². The Hall–Kier alpha value is -2.92. The van der Waals surface area contributed by atoms with Crippen molar-refractivity contribution in [2.45, 2.75) is 13.8 Å². The molecule has 0 atom stereocenters. The van der Waals surface area contributed by atoms with E-state index in [2.05, 4.69) is 10.3 Å². The van der Waals surface area contributed by atoms with Crippen LogP contribution in [0.1, 0.15) is 21.6 Å². The zero-order valence-corrected chi connectivity index (χ0v) is 15.1. The summed E-state index contributed by atoms with van der Waals surface area (Å²) in [7, 11) is 0. The molecule has 3 aromatic rings. The highest BCUT2D eigenvalue weighted by Crippen LogP contribution is 2.21. The molecule has 0 fully saturated rings. The number of pyridine rings is 1. The van der Waals surface area contributed by atoms with Crippen molar-refractivity contribution in [1.82, 2.24) is 4.98 Å². The van der Waals surface area contributed by atoms with E-state index in [1.807, 2.05) is 19.1 Å². The fraction of sp³-hybridized carbons (Fsp3) is 0.150. The number of carbonyl (C=O) groups is 2. The number of halogens is 1. The van der Waals surface area contributed by atoms with Gasteiger partial charge in [0.15, 0.2) is 6.61 Å². The van der Waals surface area contributed by atoms with Crippen molar-refractivity contribution in [3.05, 3.63) is 70.4 Å². The van der Waals surface area contributed by atoms with Crippen molar-refractivity contribution in [3.63, 3.8) is 0 Å². The largest absolute Gasteiger partial charge is 0.452 e. The molecule has 0 saturated heterocycles. The Bertz CT molecular complexity index is 984. The van der Waals surface area contributed by atoms with Crippen molar-refractivity contribution in [2.24, 2.45) is 0 Å². The Labute approximate surface area is 156 Å². The molecular weight excluding hydrogens is 352 g/mol. The van der Waals surface area contributed by atoms with Gasteiger partial charge in [-0.25, -0.2) is 4.79 Å². The summed E-state index contributed by atoms with van der Waals surface area (Å²) >= 11 is 5.98. The van der Waals surface area contributed by atoms with Crippen LogP contribution in [0.2, 0.25) is 5.02 Å². The van der Waals surface area contributed by atoms with Crippen LogP contribution in [0.3, 0.4) is 0 Å². The minimum Gasteiger partial charge on any atom is -0.452 e. The third kappa shape index (κ3) is 4.18. The molecule has 2 aromatic carbocycles. The standard InChI is InChI=1S/C20H17ClN2O3/c1-12-3-6-16(7-4-12)23-19(24)11-26-20(25)17-10-14-9-15(21)5-8-18(14)22-13(17)2/h3-10H,11H2,1-2H3,(H,23,24). The van der Waals surface area contributed by atoms with E-state index in [1.165, 1.54) is 0 Å². The summed E-state index contributed by atoms with van der Waals surface area (Å²) in [5.41, 5.74) is 3.32. The maximum absolute atomic E-state index is 12.3. The molecule has 0 aliphatic heterocycles. The lowest BCUT2D eigenvalue weighted by molar-refractivity contribution is -0.119. The van der Waals surface area contributed by atoms with Gasteiger partial charge in [0.2, 0.25) is 0 Å². The van der Waals surface area contributed by atoms with E-state index in [0.29, 0.717) is 22.0 Å². The molecule has 1 heterocycles. The number of anilines is 1. The van der Waals surface area contributed by atoms with Crippen molar-refractivity contribution in [1.29, 1.82) is 0 Å². The second-order valence-corrected chi connectivity index (χ2v) is 6.39. The van der Waals surface area contributed by atoms with Crippen LogP contribution >= 0.6 is 11.6 Å². The molecule has 0 radical (unpaired) electrons. The van der Waals surface area contributed by atoms with E-state index >= 15 is 0 Å². The van der Waals surface area contributed by atoms with E-state index in [0.717, 1.165) is 16.5 Å². The first kappa shape index (κ1) is 17.9. The number of hydrogen-bond acceptors (Lipinski definition) is 4. The summed E-state index contributed by atoms with van der Waals surface area (Å²) in [6, 6.07) is 14.3. The smallest absolute Gasteiger partial charge is 0.340 e. The number of carbonyl (C=O) groups excluding carboxylic acids is 2. The van der Waals surface area contributed by atoms with Gasteiger partial charge in [-0.2, -0.15) is 0 Å². The lowest BCUT2D eigenvalue weighted by Gasteiger charge is -2.09. The van der Waals surface area contributed by atoms with Crippen LogP contribution in [0.5, 0.6) is 0 Å². The molecule has 1 amide bonds. The number of hydrogen-bond donors (Lipinski definition) is 1. The maximum atomic E-state index is 12.3. The number of rotatable bonds is 4. The Morgan fingerprint density at radius 1 is 1.08 bits per heavy atom. The van der Waals surface area contributed by atoms with E-state index in [4.69, 9.17) is 16.3 Å². The molecule has 0 spiro atoms. The van der Waals surface area contributed by atoms with Crippen molar-refractivity contribution < 1.29 is 14.3 Å². The van der Waals surface area contributed by atoms with Crippen LogP contribution < -0.4 is 5.32 Å². The van der Waals surface area contributed by atoms with Crippen LogP contribution in [-0.2, 0) is 9.53 Å². The molecule has 0 bridgehead atoms. The summed E-state index contributed by atoms with van der Waals surface area (Å²) in [5, 5.41) is 3.97. The Balaban J connectivity index is 1.67. The SMILES string of the molecule is Cc1ccc(NC(=O)COC(=O)c2cc3cc(Cl)ccc3nc2C)cc1. The first-order valence-corrected chi connectivity index (χ1v) is 8.41. The molecule has 3 rings (SSSR count). The molecule has 0 aliphatic rings. The van der Waals surface area contributed by atoms with E-state index < -0.39 is 11.9 Å². The molecule has 1 aromatic heterocycles. The Morgan fingerprint density at radius 2 is 1.81 bits per heavy atom. The molecule has 0 aliphatic carbocycles. The summed E-state index contributed by atoms with van der Waals surface area (Å²) < 4.78 is 5.12. The van der Waals surface area contributed by atoms with Crippen LogP contribution in [-0.4, -0.2) is 23.5 Å². The first-order chi connectivity index (χ1) is 12.4.